The van der Waals surface area contributed by atoms with Crippen LogP contribution >= 0.6 is 12.2 Å². The Labute approximate surface area is 215 Å². The number of para-hydroxylation sites is 2. The van der Waals surface area contributed by atoms with Crippen molar-refractivity contribution in [3.8, 4) is 11.4 Å². The number of nitrogens with zero attached hydrogens (tertiary/aromatic N) is 3. The monoisotopic (exact) mass is 498 g/mol. The highest BCUT2D eigenvalue weighted by atomic mass is 32.1. The highest BCUT2D eigenvalue weighted by Gasteiger charge is 2.43. The molecule has 36 heavy (non-hydrogen) atoms. The Balaban J connectivity index is 1.68. The molecule has 2 atom stereocenters. The molecule has 5 rings (SSSR count). The molecule has 0 spiro atoms. The van der Waals surface area contributed by atoms with Gasteiger partial charge >= 0.3 is 5.97 Å². The van der Waals surface area contributed by atoms with Gasteiger partial charge in [-0.05, 0) is 80.2 Å². The Kier molecular flexibility index (Phi) is 6.20. The number of aromatic nitrogens is 2. The molecule has 2 aromatic heterocycles. The highest BCUT2D eigenvalue weighted by molar-refractivity contribution is 7.80. The summed E-state index contributed by atoms with van der Waals surface area (Å²) in [4.78, 5) is 18.7. The van der Waals surface area contributed by atoms with E-state index in [-0.39, 0.29) is 23.8 Å². The van der Waals surface area contributed by atoms with E-state index in [4.69, 9.17) is 17.0 Å². The number of esters is 1. The van der Waals surface area contributed by atoms with E-state index in [1.54, 1.807) is 24.4 Å². The second-order valence-electron chi connectivity index (χ2n) is 8.69. The van der Waals surface area contributed by atoms with Gasteiger partial charge in [0, 0.05) is 23.3 Å². The first-order valence-electron chi connectivity index (χ1n) is 11.6. The number of nitrogens with one attached hydrogen (secondary N) is 1. The topological polar surface area (TPSA) is 79.6 Å². The second kappa shape index (κ2) is 9.47. The molecule has 4 aromatic rings. The lowest BCUT2D eigenvalue weighted by Crippen LogP contribution is -2.29. The summed E-state index contributed by atoms with van der Waals surface area (Å²) < 4.78 is 7.03. The number of rotatable bonds is 5. The van der Waals surface area contributed by atoms with Gasteiger partial charge in [-0.25, -0.2) is 4.79 Å². The number of carbonyl (C=O) groups is 1. The van der Waals surface area contributed by atoms with Gasteiger partial charge in [-0.3, -0.25) is 4.98 Å². The molecule has 0 radical (unpaired) electrons. The molecule has 182 valence electrons. The van der Waals surface area contributed by atoms with Crippen LogP contribution in [0.1, 0.15) is 45.1 Å². The standard InChI is InChI=1S/C28H26N4O3S/c1-17-15-21(18(2)31(17)20-10-8-9-19(16-20)27(34)35-3)26-25(22-11-6-7-14-29-22)30-28(36)32(26)23-12-4-5-13-24(23)33/h4-16,25-26,33H,1-3H3,(H,30,36). The summed E-state index contributed by atoms with van der Waals surface area (Å²) in [7, 11) is 1.38. The van der Waals surface area contributed by atoms with Crippen LogP contribution in [-0.2, 0) is 4.74 Å². The number of aryl methyl sites for hydroxylation is 1. The number of anilines is 1. The van der Waals surface area contributed by atoms with Crippen LogP contribution in [-0.4, -0.2) is 32.8 Å². The van der Waals surface area contributed by atoms with Gasteiger partial charge in [-0.2, -0.15) is 0 Å². The molecule has 8 heteroatoms. The average molecular weight is 499 g/mol. The number of phenolic OH excluding ortho intramolecular Hbond substituents is 1. The lowest BCUT2D eigenvalue weighted by Gasteiger charge is -2.28. The Bertz CT molecular complexity index is 1450. The Morgan fingerprint density at radius 1 is 1.06 bits per heavy atom. The minimum Gasteiger partial charge on any atom is -0.506 e. The minimum absolute atomic E-state index is 0.146. The second-order valence-corrected chi connectivity index (χ2v) is 9.08. The summed E-state index contributed by atoms with van der Waals surface area (Å²) in [5.74, 6) is -0.237. The average Bonchev–Trinajstić information content (AvgIpc) is 3.39. The van der Waals surface area contributed by atoms with Gasteiger partial charge in [0.15, 0.2) is 5.11 Å². The van der Waals surface area contributed by atoms with Crippen LogP contribution in [0.25, 0.3) is 5.69 Å². The van der Waals surface area contributed by atoms with Crippen molar-refractivity contribution >= 4 is 29.0 Å². The number of pyridine rings is 1. The maximum absolute atomic E-state index is 12.2. The number of ether oxygens (including phenoxy) is 1. The molecule has 0 bridgehead atoms. The van der Waals surface area contributed by atoms with Crippen LogP contribution in [0.3, 0.4) is 0 Å². The molecule has 0 amide bonds. The van der Waals surface area contributed by atoms with Gasteiger partial charge in [-0.1, -0.05) is 24.3 Å². The number of hydrogen-bond donors (Lipinski definition) is 2. The van der Waals surface area contributed by atoms with E-state index >= 15 is 0 Å². The van der Waals surface area contributed by atoms with Gasteiger partial charge in [0.2, 0.25) is 0 Å². The van der Waals surface area contributed by atoms with E-state index in [0.29, 0.717) is 16.4 Å². The quantitative estimate of drug-likeness (QED) is 0.291. The maximum Gasteiger partial charge on any atom is 0.337 e. The zero-order chi connectivity index (χ0) is 25.4. The van der Waals surface area contributed by atoms with Gasteiger partial charge in [0.1, 0.15) is 5.75 Å². The van der Waals surface area contributed by atoms with Gasteiger partial charge < -0.3 is 24.6 Å². The third kappa shape index (κ3) is 3.99. The van der Waals surface area contributed by atoms with E-state index in [1.165, 1.54) is 7.11 Å². The van der Waals surface area contributed by atoms with Crippen LogP contribution in [0, 0.1) is 13.8 Å². The molecule has 0 aliphatic carbocycles. The summed E-state index contributed by atoms with van der Waals surface area (Å²) in [5.41, 5.74) is 5.83. The summed E-state index contributed by atoms with van der Waals surface area (Å²) in [6.07, 6.45) is 1.77. The SMILES string of the molecule is COC(=O)c1cccc(-n2c(C)cc(C3C(c4ccccn4)NC(=S)N3c3ccccc3O)c2C)c1. The maximum atomic E-state index is 12.2. The predicted octanol–water partition coefficient (Wildman–Crippen LogP) is 5.16. The normalized spacial score (nSPS) is 17.2. The molecule has 1 aliphatic heterocycles. The van der Waals surface area contributed by atoms with Gasteiger partial charge in [0.25, 0.3) is 0 Å². The van der Waals surface area contributed by atoms with Crippen LogP contribution in [0.4, 0.5) is 5.69 Å². The first kappa shape index (κ1) is 23.6. The molecule has 7 nitrogen and oxygen atoms in total. The van der Waals surface area contributed by atoms with Crippen molar-refractivity contribution in [1.82, 2.24) is 14.9 Å². The zero-order valence-electron chi connectivity index (χ0n) is 20.2. The largest absolute Gasteiger partial charge is 0.506 e. The van der Waals surface area contributed by atoms with E-state index in [9.17, 15) is 9.90 Å². The fourth-order valence-electron chi connectivity index (χ4n) is 4.97. The summed E-state index contributed by atoms with van der Waals surface area (Å²) >= 11 is 5.79. The number of benzene rings is 2. The Morgan fingerprint density at radius 3 is 2.56 bits per heavy atom. The molecule has 3 heterocycles. The number of thiocarbonyl (C=S) groups is 1. The molecular formula is C28H26N4O3S. The van der Waals surface area contributed by atoms with Crippen LogP contribution in [0.15, 0.2) is 79.0 Å². The molecule has 1 saturated heterocycles. The first-order valence-corrected chi connectivity index (χ1v) is 12.0. The smallest absolute Gasteiger partial charge is 0.337 e. The number of aromatic hydroxyl groups is 1. The molecule has 1 aliphatic rings. The number of methoxy groups -OCH3 is 1. The summed E-state index contributed by atoms with van der Waals surface area (Å²) in [5, 5.41) is 14.7. The summed E-state index contributed by atoms with van der Waals surface area (Å²) in [6.45, 7) is 4.08. The van der Waals surface area contributed by atoms with Crippen molar-refractivity contribution in [3.63, 3.8) is 0 Å². The first-order chi connectivity index (χ1) is 17.4. The van der Waals surface area contributed by atoms with E-state index in [0.717, 1.165) is 28.3 Å². The number of phenols is 1. The molecule has 0 saturated carbocycles. The molecule has 1 fully saturated rings. The van der Waals surface area contributed by atoms with Crippen LogP contribution in [0.5, 0.6) is 5.75 Å². The highest BCUT2D eigenvalue weighted by Crippen LogP contribution is 2.45. The zero-order valence-corrected chi connectivity index (χ0v) is 21.0. The third-order valence-electron chi connectivity index (χ3n) is 6.55. The Morgan fingerprint density at radius 2 is 1.83 bits per heavy atom. The minimum atomic E-state index is -0.383. The van der Waals surface area contributed by atoms with Crippen LogP contribution < -0.4 is 10.2 Å². The molecule has 2 aromatic carbocycles. The fourth-order valence-corrected chi connectivity index (χ4v) is 5.31. The van der Waals surface area contributed by atoms with Gasteiger partial charge in [0.05, 0.1) is 36.1 Å². The van der Waals surface area contributed by atoms with Crippen molar-refractivity contribution in [1.29, 1.82) is 0 Å². The van der Waals surface area contributed by atoms with E-state index in [2.05, 4.69) is 20.9 Å². The predicted molar refractivity (Wildman–Crippen MR) is 143 cm³/mol. The third-order valence-corrected chi connectivity index (χ3v) is 6.87. The summed E-state index contributed by atoms with van der Waals surface area (Å²) in [6, 6.07) is 22.0. The van der Waals surface area contributed by atoms with E-state index in [1.807, 2.05) is 67.3 Å². The van der Waals surface area contributed by atoms with E-state index < -0.39 is 0 Å². The van der Waals surface area contributed by atoms with Crippen molar-refractivity contribution in [3.05, 3.63) is 107 Å². The van der Waals surface area contributed by atoms with Crippen molar-refractivity contribution in [2.24, 2.45) is 0 Å². The van der Waals surface area contributed by atoms with Gasteiger partial charge in [-0.15, -0.1) is 0 Å². The van der Waals surface area contributed by atoms with Crippen LogP contribution in [0.2, 0.25) is 0 Å². The molecule has 2 unspecified atom stereocenters. The fraction of sp³-hybridized carbons (Fsp3) is 0.179. The number of hydrogen-bond acceptors (Lipinski definition) is 5. The van der Waals surface area contributed by atoms with Crippen molar-refractivity contribution in [2.75, 3.05) is 12.0 Å². The molecule has 2 N–H and O–H groups in total. The van der Waals surface area contributed by atoms with Crippen molar-refractivity contribution in [2.45, 2.75) is 25.9 Å². The Hall–Kier alpha value is -4.17. The lowest BCUT2D eigenvalue weighted by molar-refractivity contribution is 0.0600. The molecular weight excluding hydrogens is 472 g/mol. The lowest BCUT2D eigenvalue weighted by atomic mass is 9.96. The number of carbonyl (C=O) groups excluding carboxylic acids is 1. The van der Waals surface area contributed by atoms with Crippen molar-refractivity contribution < 1.29 is 14.6 Å².